The number of fused-ring (bicyclic) bond motifs is 1. The van der Waals surface area contributed by atoms with E-state index in [1.165, 1.54) is 30.3 Å². The second kappa shape index (κ2) is 12.3. The predicted octanol–water partition coefficient (Wildman–Crippen LogP) is 6.42. The van der Waals surface area contributed by atoms with Gasteiger partial charge in [0.1, 0.15) is 24.1 Å². The van der Waals surface area contributed by atoms with Crippen molar-refractivity contribution in [3.63, 3.8) is 0 Å². The number of aromatic nitrogens is 3. The summed E-state index contributed by atoms with van der Waals surface area (Å²) in [6.45, 7) is 0.638. The number of hydrogen-bond acceptors (Lipinski definition) is 6. The third kappa shape index (κ3) is 6.07. The summed E-state index contributed by atoms with van der Waals surface area (Å²) in [6, 6.07) is 18.2. The van der Waals surface area contributed by atoms with Crippen molar-refractivity contribution in [3.8, 4) is 23.2 Å². The molecular formula is C31H23ClF2N4O4. The number of halogens is 3. The highest BCUT2D eigenvalue weighted by Gasteiger charge is 2.18. The van der Waals surface area contributed by atoms with E-state index >= 15 is 4.39 Å². The molecule has 0 radical (unpaired) electrons. The Morgan fingerprint density at radius 3 is 2.62 bits per heavy atom. The van der Waals surface area contributed by atoms with Gasteiger partial charge in [0.2, 0.25) is 5.88 Å². The van der Waals surface area contributed by atoms with Crippen molar-refractivity contribution in [2.75, 3.05) is 13.7 Å². The molecule has 0 aliphatic rings. The molecule has 11 heteroatoms. The van der Waals surface area contributed by atoms with E-state index in [4.69, 9.17) is 26.3 Å². The number of nitrogens with zero attached hydrogens (tertiary/aromatic N) is 4. The first-order valence-corrected chi connectivity index (χ1v) is 13.1. The minimum atomic E-state index is -1.05. The molecule has 42 heavy (non-hydrogen) atoms. The molecule has 1 N–H and O–H groups in total. The molecular weight excluding hydrogens is 566 g/mol. The normalized spacial score (nSPS) is 11.0. The van der Waals surface area contributed by atoms with Crippen molar-refractivity contribution in [1.82, 2.24) is 14.5 Å². The average molecular weight is 589 g/mol. The van der Waals surface area contributed by atoms with Gasteiger partial charge in [0.25, 0.3) is 0 Å². The van der Waals surface area contributed by atoms with Crippen LogP contribution in [0.15, 0.2) is 66.7 Å². The van der Waals surface area contributed by atoms with Gasteiger partial charge in [-0.3, -0.25) is 0 Å². The topological polar surface area (TPSA) is 110 Å². The number of methoxy groups -OCH3 is 1. The van der Waals surface area contributed by atoms with Crippen LogP contribution in [0.5, 0.6) is 5.88 Å². The van der Waals surface area contributed by atoms with Crippen LogP contribution >= 0.6 is 11.6 Å². The summed E-state index contributed by atoms with van der Waals surface area (Å²) in [6.07, 6.45) is 0.184. The minimum absolute atomic E-state index is 0.127. The zero-order valence-electron chi connectivity index (χ0n) is 22.3. The van der Waals surface area contributed by atoms with Crippen molar-refractivity contribution in [2.45, 2.75) is 19.6 Å². The highest BCUT2D eigenvalue weighted by molar-refractivity contribution is 6.31. The zero-order chi connectivity index (χ0) is 29.8. The van der Waals surface area contributed by atoms with Crippen LogP contribution in [-0.2, 0) is 24.3 Å². The molecule has 3 aromatic carbocycles. The van der Waals surface area contributed by atoms with Crippen LogP contribution in [0.3, 0.4) is 0 Å². The lowest BCUT2D eigenvalue weighted by Crippen LogP contribution is -2.09. The van der Waals surface area contributed by atoms with Gasteiger partial charge in [0.15, 0.2) is 0 Å². The average Bonchev–Trinajstić information content (AvgIpc) is 3.33. The van der Waals surface area contributed by atoms with Crippen molar-refractivity contribution >= 4 is 28.6 Å². The highest BCUT2D eigenvalue weighted by Crippen LogP contribution is 2.31. The zero-order valence-corrected chi connectivity index (χ0v) is 23.0. The van der Waals surface area contributed by atoms with Crippen LogP contribution < -0.4 is 4.74 Å². The molecule has 0 saturated heterocycles. The van der Waals surface area contributed by atoms with Crippen molar-refractivity contribution < 1.29 is 28.2 Å². The smallest absolute Gasteiger partial charge is 0.335 e. The molecule has 0 unspecified atom stereocenters. The third-order valence-corrected chi connectivity index (χ3v) is 6.99. The van der Waals surface area contributed by atoms with Crippen molar-refractivity contribution in [2.24, 2.45) is 0 Å². The molecule has 0 saturated carbocycles. The van der Waals surface area contributed by atoms with Crippen molar-refractivity contribution in [3.05, 3.63) is 111 Å². The molecule has 0 atom stereocenters. The molecule has 0 aliphatic heterocycles. The van der Waals surface area contributed by atoms with E-state index in [1.807, 2.05) is 10.6 Å². The Morgan fingerprint density at radius 1 is 1.05 bits per heavy atom. The lowest BCUT2D eigenvalue weighted by Gasteiger charge is -2.12. The van der Waals surface area contributed by atoms with Gasteiger partial charge in [-0.25, -0.2) is 23.5 Å². The van der Waals surface area contributed by atoms with Crippen LogP contribution in [0.2, 0.25) is 5.02 Å². The van der Waals surface area contributed by atoms with Gasteiger partial charge >= 0.3 is 5.97 Å². The Labute approximate surface area is 244 Å². The fourth-order valence-corrected chi connectivity index (χ4v) is 4.72. The number of benzene rings is 3. The number of carboxylic acids is 1. The van der Waals surface area contributed by atoms with Crippen LogP contribution in [-0.4, -0.2) is 39.3 Å². The summed E-state index contributed by atoms with van der Waals surface area (Å²) < 4.78 is 42.4. The minimum Gasteiger partial charge on any atom is -0.478 e. The molecule has 0 amide bonds. The summed E-state index contributed by atoms with van der Waals surface area (Å²) in [7, 11) is 1.56. The van der Waals surface area contributed by atoms with Gasteiger partial charge in [-0.2, -0.15) is 5.26 Å². The number of nitriles is 1. The lowest BCUT2D eigenvalue weighted by atomic mass is 10.0. The van der Waals surface area contributed by atoms with Gasteiger partial charge in [-0.15, -0.1) is 0 Å². The molecule has 0 bridgehead atoms. The maximum absolute atomic E-state index is 15.4. The Bertz CT molecular complexity index is 1850. The van der Waals surface area contributed by atoms with E-state index in [-0.39, 0.29) is 51.9 Å². The second-order valence-corrected chi connectivity index (χ2v) is 9.76. The fraction of sp³-hybridized carbons (Fsp3) is 0.161. The molecule has 0 aliphatic carbocycles. The third-order valence-electron chi connectivity index (χ3n) is 6.64. The number of carboxylic acid groups (broad SMARTS) is 1. The van der Waals surface area contributed by atoms with E-state index in [0.717, 1.165) is 6.07 Å². The van der Waals surface area contributed by atoms with E-state index in [2.05, 4.69) is 9.97 Å². The Morgan fingerprint density at radius 2 is 1.88 bits per heavy atom. The predicted molar refractivity (Wildman–Crippen MR) is 151 cm³/mol. The standard InChI is InChI=1S/C31H23ClF2N4O4/c1-41-10-9-38-28-13-19(31(39)40)7-8-27(28)36-29(38)14-21-12-25(34)22(15-23(21)32)26-3-2-4-30(37-26)42-17-20-6-5-18(16-35)11-24(20)33/h2-8,11-13,15H,9-10,14,17H2,1H3,(H,39,40). The van der Waals surface area contributed by atoms with Crippen LogP contribution in [0.1, 0.15) is 32.9 Å². The maximum Gasteiger partial charge on any atom is 0.335 e. The molecule has 0 fully saturated rings. The Hall–Kier alpha value is -4.85. The number of hydrogen-bond donors (Lipinski definition) is 1. The summed E-state index contributed by atoms with van der Waals surface area (Å²) >= 11 is 6.62. The lowest BCUT2D eigenvalue weighted by molar-refractivity contribution is 0.0697. The van der Waals surface area contributed by atoms with Gasteiger partial charge < -0.3 is 19.1 Å². The first kappa shape index (κ1) is 28.7. The van der Waals surface area contributed by atoms with Gasteiger partial charge in [-0.05, 0) is 54.1 Å². The van der Waals surface area contributed by atoms with E-state index < -0.39 is 17.6 Å². The summed E-state index contributed by atoms with van der Waals surface area (Å²) in [5.41, 5.74) is 2.70. The van der Waals surface area contributed by atoms with E-state index in [9.17, 15) is 14.3 Å². The number of imidazole rings is 1. The molecule has 5 rings (SSSR count). The van der Waals surface area contributed by atoms with Gasteiger partial charge in [0.05, 0.1) is 40.5 Å². The van der Waals surface area contributed by atoms with Crippen LogP contribution in [0.25, 0.3) is 22.3 Å². The monoisotopic (exact) mass is 588 g/mol. The Kier molecular flexibility index (Phi) is 8.43. The van der Waals surface area contributed by atoms with Crippen molar-refractivity contribution in [1.29, 1.82) is 5.26 Å². The number of carbonyl (C=O) groups is 1. The van der Waals surface area contributed by atoms with Gasteiger partial charge in [0, 0.05) is 42.3 Å². The quantitative estimate of drug-likeness (QED) is 0.200. The molecule has 8 nitrogen and oxygen atoms in total. The van der Waals surface area contributed by atoms with E-state index in [0.29, 0.717) is 35.6 Å². The van der Waals surface area contributed by atoms with E-state index in [1.54, 1.807) is 37.4 Å². The molecule has 5 aromatic rings. The number of rotatable bonds is 10. The molecule has 2 aromatic heterocycles. The highest BCUT2D eigenvalue weighted by atomic mass is 35.5. The molecule has 212 valence electrons. The first-order chi connectivity index (χ1) is 20.3. The van der Waals surface area contributed by atoms with Gasteiger partial charge in [-0.1, -0.05) is 23.7 Å². The number of ether oxygens (including phenoxy) is 2. The maximum atomic E-state index is 15.4. The summed E-state index contributed by atoms with van der Waals surface area (Å²) in [4.78, 5) is 20.5. The molecule has 2 heterocycles. The number of aromatic carboxylic acids is 1. The van der Waals surface area contributed by atoms with Crippen LogP contribution in [0.4, 0.5) is 8.78 Å². The first-order valence-electron chi connectivity index (χ1n) is 12.8. The van der Waals surface area contributed by atoms with Crippen LogP contribution in [0, 0.1) is 23.0 Å². The molecule has 0 spiro atoms. The summed E-state index contributed by atoms with van der Waals surface area (Å²) in [5.74, 6) is -1.46. The summed E-state index contributed by atoms with van der Waals surface area (Å²) in [5, 5.41) is 18.6. The second-order valence-electron chi connectivity index (χ2n) is 9.35. The fourth-order valence-electron chi connectivity index (χ4n) is 4.49. The Balaban J connectivity index is 1.40. The number of pyridine rings is 1. The SMILES string of the molecule is COCCn1c(Cc2cc(F)c(-c3cccc(OCc4ccc(C#N)cc4F)n3)cc2Cl)nc2ccc(C(=O)O)cc21. The largest absolute Gasteiger partial charge is 0.478 e.